The Morgan fingerprint density at radius 2 is 2.03 bits per heavy atom. The highest BCUT2D eigenvalue weighted by atomic mass is 16.5. The average Bonchev–Trinajstić information content (AvgIpc) is 3.23. The summed E-state index contributed by atoms with van der Waals surface area (Å²) in [5.41, 5.74) is 2.48. The van der Waals surface area contributed by atoms with Crippen molar-refractivity contribution < 1.29 is 9.47 Å². The molecule has 0 aliphatic carbocycles. The molecule has 1 aliphatic heterocycles. The van der Waals surface area contributed by atoms with Crippen LogP contribution < -0.4 is 20.9 Å². The van der Waals surface area contributed by atoms with Crippen molar-refractivity contribution in [2.24, 2.45) is 7.05 Å². The molecule has 0 amide bonds. The predicted molar refractivity (Wildman–Crippen MR) is 127 cm³/mol. The van der Waals surface area contributed by atoms with Gasteiger partial charge in [-0.05, 0) is 39.0 Å². The fraction of sp³-hybridized carbons (Fsp3) is 0.417. The van der Waals surface area contributed by atoms with Gasteiger partial charge in [-0.1, -0.05) is 6.07 Å². The summed E-state index contributed by atoms with van der Waals surface area (Å²) < 4.78 is 12.8. The number of ether oxygens (including phenoxy) is 2. The number of nitrogens with one attached hydrogen (secondary N) is 2. The molecule has 0 saturated carbocycles. The van der Waals surface area contributed by atoms with E-state index in [1.807, 2.05) is 45.0 Å². The Hall–Kier alpha value is -3.30. The van der Waals surface area contributed by atoms with Gasteiger partial charge in [-0.15, -0.1) is 0 Å². The van der Waals surface area contributed by atoms with E-state index in [0.29, 0.717) is 42.8 Å². The number of aromatic nitrogens is 4. The molecule has 174 valence electrons. The first-order valence-corrected chi connectivity index (χ1v) is 11.0. The van der Waals surface area contributed by atoms with Crippen molar-refractivity contribution in [1.82, 2.24) is 24.8 Å². The highest BCUT2D eigenvalue weighted by Crippen LogP contribution is 2.33. The molecule has 1 fully saturated rings. The number of nitrogens with zero attached hydrogens (tertiary/aromatic N) is 4. The van der Waals surface area contributed by atoms with Crippen LogP contribution in [0.25, 0.3) is 11.4 Å². The number of hydrogen-bond acceptors (Lipinski definition) is 8. The fourth-order valence-corrected chi connectivity index (χ4v) is 4.37. The van der Waals surface area contributed by atoms with Gasteiger partial charge in [0.15, 0.2) is 0 Å². The van der Waals surface area contributed by atoms with E-state index in [2.05, 4.69) is 20.6 Å². The van der Waals surface area contributed by atoms with Crippen LogP contribution in [-0.2, 0) is 17.3 Å². The second-order valence-electron chi connectivity index (χ2n) is 8.13. The lowest BCUT2D eigenvalue weighted by atomic mass is 9.90. The summed E-state index contributed by atoms with van der Waals surface area (Å²) in [6.45, 7) is 7.45. The Labute approximate surface area is 193 Å². The zero-order chi connectivity index (χ0) is 23.6. The lowest BCUT2D eigenvalue weighted by Crippen LogP contribution is -2.49. The first-order valence-electron chi connectivity index (χ1n) is 11.0. The Balaban J connectivity index is 1.81. The molecule has 1 saturated heterocycles. The molecule has 2 N–H and O–H groups in total. The van der Waals surface area contributed by atoms with E-state index in [-0.39, 0.29) is 11.7 Å². The second kappa shape index (κ2) is 9.29. The molecule has 3 aromatic heterocycles. The van der Waals surface area contributed by atoms with Crippen LogP contribution in [0, 0.1) is 13.8 Å². The summed E-state index contributed by atoms with van der Waals surface area (Å²) in [5.74, 6) is 1.07. The maximum Gasteiger partial charge on any atom is 0.277 e. The summed E-state index contributed by atoms with van der Waals surface area (Å²) in [5, 5.41) is 6.91. The fourth-order valence-electron chi connectivity index (χ4n) is 4.37. The second-order valence-corrected chi connectivity index (χ2v) is 8.13. The Bertz CT molecular complexity index is 1200. The van der Waals surface area contributed by atoms with Gasteiger partial charge in [-0.25, -0.2) is 9.97 Å². The highest BCUT2D eigenvalue weighted by molar-refractivity contribution is 5.62. The van der Waals surface area contributed by atoms with Crippen molar-refractivity contribution in [3.8, 4) is 17.3 Å². The van der Waals surface area contributed by atoms with Crippen LogP contribution in [0.15, 0.2) is 41.3 Å². The van der Waals surface area contributed by atoms with Crippen molar-refractivity contribution in [3.05, 3.63) is 64.0 Å². The molecule has 9 nitrogen and oxygen atoms in total. The van der Waals surface area contributed by atoms with Gasteiger partial charge in [0.2, 0.25) is 5.88 Å². The largest absolute Gasteiger partial charge is 0.481 e. The molecule has 0 radical (unpaired) electrons. The van der Waals surface area contributed by atoms with E-state index >= 15 is 0 Å². The molecule has 1 aliphatic rings. The van der Waals surface area contributed by atoms with Crippen LogP contribution >= 0.6 is 0 Å². The number of hydrogen-bond donors (Lipinski definition) is 2. The molecular weight excluding hydrogens is 420 g/mol. The standard InChI is InChI=1S/C24H30N6O3/c1-6-33-19-13-25-14-24(19,18-9-7-8-12-26-18)29-21-16(3)28-22(30(4)23(21)31)17-10-11-20(32-5)27-15(17)2/h7-12,19,25,29H,6,13-14H2,1-5H3/t19-,24+/m0/s1. The topological polar surface area (TPSA) is 103 Å². The molecular formula is C24H30N6O3. The summed E-state index contributed by atoms with van der Waals surface area (Å²) in [4.78, 5) is 27.4. The molecule has 4 rings (SSSR count). The van der Waals surface area contributed by atoms with Crippen LogP contribution in [0.3, 0.4) is 0 Å². The molecule has 0 unspecified atom stereocenters. The maximum atomic E-state index is 13.6. The van der Waals surface area contributed by atoms with Crippen LogP contribution in [-0.4, -0.2) is 52.4 Å². The van der Waals surface area contributed by atoms with Crippen LogP contribution in [0.2, 0.25) is 0 Å². The van der Waals surface area contributed by atoms with Gasteiger partial charge in [-0.3, -0.25) is 14.3 Å². The Morgan fingerprint density at radius 3 is 2.70 bits per heavy atom. The van der Waals surface area contributed by atoms with Gasteiger partial charge in [0.1, 0.15) is 17.1 Å². The van der Waals surface area contributed by atoms with Crippen molar-refractivity contribution in [2.75, 3.05) is 32.1 Å². The highest BCUT2D eigenvalue weighted by Gasteiger charge is 2.47. The third-order valence-electron chi connectivity index (χ3n) is 6.10. The van der Waals surface area contributed by atoms with E-state index in [9.17, 15) is 4.79 Å². The van der Waals surface area contributed by atoms with Crippen molar-refractivity contribution >= 4 is 5.69 Å². The zero-order valence-corrected chi connectivity index (χ0v) is 19.7. The molecule has 4 heterocycles. The van der Waals surface area contributed by atoms with Gasteiger partial charge < -0.3 is 20.1 Å². The SMILES string of the molecule is CCO[C@H]1CNC[C@@]1(Nc1c(C)nc(-c2ccc(OC)nc2C)n(C)c1=O)c1ccccn1. The monoisotopic (exact) mass is 450 g/mol. The van der Waals surface area contributed by atoms with Crippen molar-refractivity contribution in [2.45, 2.75) is 32.4 Å². The zero-order valence-electron chi connectivity index (χ0n) is 19.7. The van der Waals surface area contributed by atoms with E-state index in [1.165, 1.54) is 0 Å². The predicted octanol–water partition coefficient (Wildman–Crippen LogP) is 2.18. The molecule has 2 atom stereocenters. The summed E-state index contributed by atoms with van der Waals surface area (Å²) >= 11 is 0. The Kier molecular flexibility index (Phi) is 6.44. The van der Waals surface area contributed by atoms with Gasteiger partial charge in [0.05, 0.1) is 30.3 Å². The lowest BCUT2D eigenvalue weighted by Gasteiger charge is -2.36. The average molecular weight is 451 g/mol. The smallest absolute Gasteiger partial charge is 0.277 e. The Morgan fingerprint density at radius 1 is 1.21 bits per heavy atom. The first kappa shape index (κ1) is 22.9. The van der Waals surface area contributed by atoms with E-state index < -0.39 is 5.54 Å². The quantitative estimate of drug-likeness (QED) is 0.565. The minimum Gasteiger partial charge on any atom is -0.481 e. The van der Waals surface area contributed by atoms with Crippen LogP contribution in [0.4, 0.5) is 5.69 Å². The molecule has 0 aromatic carbocycles. The first-order chi connectivity index (χ1) is 15.9. The van der Waals surface area contributed by atoms with Crippen molar-refractivity contribution in [1.29, 1.82) is 0 Å². The lowest BCUT2D eigenvalue weighted by molar-refractivity contribution is 0.0384. The molecule has 0 spiro atoms. The number of anilines is 1. The molecule has 3 aromatic rings. The van der Waals surface area contributed by atoms with Gasteiger partial charge in [0.25, 0.3) is 5.56 Å². The van der Waals surface area contributed by atoms with E-state index in [4.69, 9.17) is 14.5 Å². The third kappa shape index (κ3) is 4.09. The normalized spacial score (nSPS) is 20.1. The maximum absolute atomic E-state index is 13.6. The van der Waals surface area contributed by atoms with Gasteiger partial charge in [0, 0.05) is 44.6 Å². The third-order valence-corrected chi connectivity index (χ3v) is 6.10. The number of aryl methyl sites for hydroxylation is 2. The number of pyridine rings is 2. The molecule has 33 heavy (non-hydrogen) atoms. The number of rotatable bonds is 7. The van der Waals surface area contributed by atoms with E-state index in [0.717, 1.165) is 17.0 Å². The van der Waals surface area contributed by atoms with Crippen LogP contribution in [0.5, 0.6) is 5.88 Å². The molecule has 0 bridgehead atoms. The number of methoxy groups -OCH3 is 1. The summed E-state index contributed by atoms with van der Waals surface area (Å²) in [6, 6.07) is 9.42. The minimum absolute atomic E-state index is 0.176. The van der Waals surface area contributed by atoms with Crippen LogP contribution in [0.1, 0.15) is 24.0 Å². The summed E-state index contributed by atoms with van der Waals surface area (Å²) in [6.07, 6.45) is 1.56. The summed E-state index contributed by atoms with van der Waals surface area (Å²) in [7, 11) is 3.30. The van der Waals surface area contributed by atoms with Gasteiger partial charge in [-0.2, -0.15) is 0 Å². The van der Waals surface area contributed by atoms with Crippen molar-refractivity contribution in [3.63, 3.8) is 0 Å². The minimum atomic E-state index is -0.699. The van der Waals surface area contributed by atoms with E-state index in [1.54, 1.807) is 31.0 Å². The molecule has 9 heteroatoms. The van der Waals surface area contributed by atoms with Gasteiger partial charge >= 0.3 is 0 Å².